The van der Waals surface area contributed by atoms with E-state index in [1.807, 2.05) is 36.4 Å². The number of carbonyl (C=O) groups is 2. The number of hydrogen-bond acceptors (Lipinski definition) is 5. The van der Waals surface area contributed by atoms with E-state index in [1.54, 1.807) is 0 Å². The van der Waals surface area contributed by atoms with Crippen molar-refractivity contribution in [3.8, 4) is 0 Å². The summed E-state index contributed by atoms with van der Waals surface area (Å²) in [5.41, 5.74) is 0. The number of rotatable bonds is 11. The van der Waals surface area contributed by atoms with Crippen molar-refractivity contribution < 1.29 is 22.4 Å². The predicted molar refractivity (Wildman–Crippen MR) is 140 cm³/mol. The smallest absolute Gasteiger partial charge is 0.261 e. The molecule has 0 saturated heterocycles. The summed E-state index contributed by atoms with van der Waals surface area (Å²) in [5.74, 6) is -0.874. The molecule has 1 unspecified atom stereocenters. The normalized spacial score (nSPS) is 19.4. The molecule has 1 amide bonds. The lowest BCUT2D eigenvalue weighted by molar-refractivity contribution is -0.127. The van der Waals surface area contributed by atoms with Crippen molar-refractivity contribution in [2.75, 3.05) is 12.3 Å². The maximum absolute atomic E-state index is 12.9. The van der Waals surface area contributed by atoms with Crippen LogP contribution in [0.4, 0.5) is 0 Å². The predicted octanol–water partition coefficient (Wildman–Crippen LogP) is 1.95. The summed E-state index contributed by atoms with van der Waals surface area (Å²) in [4.78, 5) is 24.6. The topological polar surface area (TPSA) is 116 Å². The van der Waals surface area contributed by atoms with Crippen LogP contribution in [0, 0.1) is 11.8 Å². The van der Waals surface area contributed by atoms with E-state index in [2.05, 4.69) is 50.4 Å². The third-order valence-electron chi connectivity index (χ3n) is 6.88. The summed E-state index contributed by atoms with van der Waals surface area (Å²) >= 11 is 0. The van der Waals surface area contributed by atoms with Gasteiger partial charge in [0.25, 0.3) is 8.32 Å². The molecular formula is C26H36N2O5SSi. The number of benzene rings is 2. The van der Waals surface area contributed by atoms with Crippen molar-refractivity contribution in [2.45, 2.75) is 51.2 Å². The molecule has 3 rings (SSSR count). The first-order valence-corrected chi connectivity index (χ1v) is 15.6. The van der Waals surface area contributed by atoms with Crippen LogP contribution < -0.4 is 20.8 Å². The highest BCUT2D eigenvalue weighted by Crippen LogP contribution is 2.43. The minimum atomic E-state index is -3.68. The molecule has 0 aromatic heterocycles. The third kappa shape index (κ3) is 6.46. The van der Waals surface area contributed by atoms with Gasteiger partial charge in [0, 0.05) is 12.5 Å². The maximum atomic E-state index is 12.9. The molecule has 35 heavy (non-hydrogen) atoms. The summed E-state index contributed by atoms with van der Waals surface area (Å²) < 4.78 is 29.7. The van der Waals surface area contributed by atoms with Crippen LogP contribution in [0.3, 0.4) is 0 Å². The van der Waals surface area contributed by atoms with Gasteiger partial charge in [0.1, 0.15) is 6.29 Å². The minimum absolute atomic E-state index is 0.0458. The lowest BCUT2D eigenvalue weighted by Crippen LogP contribution is -2.68. The molecule has 1 fully saturated rings. The van der Waals surface area contributed by atoms with Crippen LogP contribution in [0.1, 0.15) is 40.0 Å². The van der Waals surface area contributed by atoms with Crippen molar-refractivity contribution in [2.24, 2.45) is 17.0 Å². The SMILES string of the molecule is CC(C)(C)[Si](OC(CC(=O)NCCS(N)(=O)=O)[C@@H]1CC[C@H]1C=O)(c1ccccc1)c1ccccc1. The molecular weight excluding hydrogens is 480 g/mol. The van der Waals surface area contributed by atoms with Gasteiger partial charge in [-0.05, 0) is 34.2 Å². The molecule has 2 aromatic rings. The molecule has 0 radical (unpaired) electrons. The number of primary sulfonamides is 1. The Kier molecular flexibility index (Phi) is 8.69. The molecule has 2 aromatic carbocycles. The molecule has 9 heteroatoms. The van der Waals surface area contributed by atoms with Gasteiger partial charge >= 0.3 is 0 Å². The average molecular weight is 517 g/mol. The van der Waals surface area contributed by atoms with E-state index in [9.17, 15) is 18.0 Å². The van der Waals surface area contributed by atoms with E-state index < -0.39 is 24.4 Å². The van der Waals surface area contributed by atoms with Crippen LogP contribution in [-0.2, 0) is 24.0 Å². The van der Waals surface area contributed by atoms with Gasteiger partial charge in [0.2, 0.25) is 15.9 Å². The van der Waals surface area contributed by atoms with Gasteiger partial charge in [0.15, 0.2) is 0 Å². The van der Waals surface area contributed by atoms with E-state index in [0.717, 1.165) is 29.5 Å². The fourth-order valence-electron chi connectivity index (χ4n) is 4.97. The Bertz CT molecular complexity index is 1060. The average Bonchev–Trinajstić information content (AvgIpc) is 2.76. The number of aldehydes is 1. The van der Waals surface area contributed by atoms with Gasteiger partial charge in [-0.2, -0.15) is 0 Å². The van der Waals surface area contributed by atoms with Crippen LogP contribution in [-0.4, -0.2) is 47.3 Å². The molecule has 0 aliphatic heterocycles. The molecule has 7 nitrogen and oxygen atoms in total. The van der Waals surface area contributed by atoms with Crippen molar-refractivity contribution in [3.63, 3.8) is 0 Å². The fourth-order valence-corrected chi connectivity index (χ4v) is 10.1. The summed E-state index contributed by atoms with van der Waals surface area (Å²) in [6.45, 7) is 6.44. The number of nitrogens with two attached hydrogens (primary N) is 1. The molecule has 1 aliphatic rings. The largest absolute Gasteiger partial charge is 0.404 e. The quantitative estimate of drug-likeness (QED) is 0.350. The van der Waals surface area contributed by atoms with Gasteiger partial charge in [-0.25, -0.2) is 13.6 Å². The molecule has 3 atom stereocenters. The number of hydrogen-bond donors (Lipinski definition) is 2. The second-order valence-corrected chi connectivity index (χ2v) is 16.3. The van der Waals surface area contributed by atoms with E-state index >= 15 is 0 Å². The molecule has 0 bridgehead atoms. The summed E-state index contributed by atoms with van der Waals surface area (Å²) in [6, 6.07) is 20.3. The van der Waals surface area contributed by atoms with Crippen molar-refractivity contribution in [3.05, 3.63) is 60.7 Å². The summed E-state index contributed by atoms with van der Waals surface area (Å²) in [6.07, 6.45) is 2.11. The van der Waals surface area contributed by atoms with Crippen LogP contribution in [0.2, 0.25) is 5.04 Å². The first kappa shape index (κ1) is 27.3. The Morgan fingerprint density at radius 1 is 1.09 bits per heavy atom. The maximum Gasteiger partial charge on any atom is 0.261 e. The zero-order chi connectivity index (χ0) is 25.7. The molecule has 0 heterocycles. The van der Waals surface area contributed by atoms with Crippen LogP contribution in [0.25, 0.3) is 0 Å². The first-order chi connectivity index (χ1) is 16.5. The lowest BCUT2D eigenvalue weighted by atomic mass is 9.71. The van der Waals surface area contributed by atoms with Crippen LogP contribution in [0.15, 0.2) is 60.7 Å². The Morgan fingerprint density at radius 3 is 2.03 bits per heavy atom. The summed E-state index contributed by atoms with van der Waals surface area (Å²) in [7, 11) is -6.62. The minimum Gasteiger partial charge on any atom is -0.404 e. The van der Waals surface area contributed by atoms with Crippen molar-refractivity contribution in [1.82, 2.24) is 5.32 Å². The highest BCUT2D eigenvalue weighted by molar-refractivity contribution is 7.89. The van der Waals surface area contributed by atoms with Crippen LogP contribution >= 0.6 is 0 Å². The highest BCUT2D eigenvalue weighted by Gasteiger charge is 2.53. The number of amides is 1. The molecule has 190 valence electrons. The third-order valence-corrected chi connectivity index (χ3v) is 12.7. The fraction of sp³-hybridized carbons (Fsp3) is 0.462. The number of carbonyl (C=O) groups excluding carboxylic acids is 2. The van der Waals surface area contributed by atoms with Crippen molar-refractivity contribution in [1.29, 1.82) is 0 Å². The number of sulfonamides is 1. The Balaban J connectivity index is 2.01. The van der Waals surface area contributed by atoms with Gasteiger partial charge in [-0.1, -0.05) is 81.4 Å². The van der Waals surface area contributed by atoms with E-state index in [-0.39, 0.29) is 41.5 Å². The molecule has 0 spiro atoms. The lowest BCUT2D eigenvalue weighted by Gasteiger charge is -2.49. The molecule has 1 saturated carbocycles. The van der Waals surface area contributed by atoms with E-state index in [4.69, 9.17) is 9.56 Å². The van der Waals surface area contributed by atoms with E-state index in [0.29, 0.717) is 0 Å². The molecule has 1 aliphatic carbocycles. The van der Waals surface area contributed by atoms with Crippen molar-refractivity contribution >= 4 is 40.9 Å². The second kappa shape index (κ2) is 11.2. The second-order valence-electron chi connectivity index (χ2n) is 10.3. The monoisotopic (exact) mass is 516 g/mol. The summed E-state index contributed by atoms with van der Waals surface area (Å²) in [5, 5.41) is 9.64. The van der Waals surface area contributed by atoms with E-state index in [1.165, 1.54) is 0 Å². The van der Waals surface area contributed by atoms with Gasteiger partial charge in [-0.15, -0.1) is 0 Å². The molecule has 3 N–H and O–H groups in total. The number of nitrogens with one attached hydrogen (secondary N) is 1. The zero-order valence-electron chi connectivity index (χ0n) is 20.6. The zero-order valence-corrected chi connectivity index (χ0v) is 22.5. The van der Waals surface area contributed by atoms with Gasteiger partial charge in [-0.3, -0.25) is 4.79 Å². The first-order valence-electron chi connectivity index (χ1n) is 12.0. The Morgan fingerprint density at radius 2 is 1.63 bits per heavy atom. The van der Waals surface area contributed by atoms with Crippen LogP contribution in [0.5, 0.6) is 0 Å². The highest BCUT2D eigenvalue weighted by atomic mass is 32.2. The Labute approximate surface area is 209 Å². The standard InChI is InChI=1S/C26H36N2O5SSi/c1-26(2,3)35(21-10-6-4-7-11-21,22-12-8-5-9-13-22)33-24(23-15-14-20(23)19-29)18-25(30)28-16-17-34(27,31)32/h4-13,19-20,23-24H,14-18H2,1-3H3,(H,28,30)(H2,27,31,32)/t20-,23+,24?/m0/s1. The van der Waals surface area contributed by atoms with Gasteiger partial charge < -0.3 is 14.5 Å². The Hall–Kier alpha value is -2.33. The van der Waals surface area contributed by atoms with Gasteiger partial charge in [0.05, 0.1) is 18.3 Å².